The van der Waals surface area contributed by atoms with Crippen molar-refractivity contribution < 1.29 is 14.3 Å². The first-order valence-electron chi connectivity index (χ1n) is 5.60. The van der Waals surface area contributed by atoms with Crippen molar-refractivity contribution in [2.75, 3.05) is 26.5 Å². The van der Waals surface area contributed by atoms with E-state index in [-0.39, 0.29) is 11.9 Å². The highest BCUT2D eigenvalue weighted by molar-refractivity contribution is 8.01. The minimum atomic E-state index is -0.233. The zero-order valence-corrected chi connectivity index (χ0v) is 12.2. The van der Waals surface area contributed by atoms with Crippen LogP contribution in [0.2, 0.25) is 0 Å². The standard InChI is InChI=1S/C12H17NO3S2/c1-13(7-3-5-11(15)16-2)10(14)9-18-12-6-4-8-17-12/h4,6,8H,3,5,7,9H2,1-2H3. The first kappa shape index (κ1) is 15.0. The van der Waals surface area contributed by atoms with Gasteiger partial charge in [-0.2, -0.15) is 0 Å². The lowest BCUT2D eigenvalue weighted by Crippen LogP contribution is -2.29. The van der Waals surface area contributed by atoms with Crippen molar-refractivity contribution in [3.8, 4) is 0 Å². The fourth-order valence-electron chi connectivity index (χ4n) is 1.28. The Kier molecular flexibility index (Phi) is 6.82. The summed E-state index contributed by atoms with van der Waals surface area (Å²) in [6.45, 7) is 0.582. The van der Waals surface area contributed by atoms with Crippen LogP contribution in [-0.4, -0.2) is 43.2 Å². The van der Waals surface area contributed by atoms with Crippen LogP contribution in [0.5, 0.6) is 0 Å². The molecule has 0 aliphatic carbocycles. The number of rotatable bonds is 7. The Morgan fingerprint density at radius 2 is 2.28 bits per heavy atom. The van der Waals surface area contributed by atoms with E-state index in [4.69, 9.17) is 0 Å². The number of esters is 1. The fraction of sp³-hybridized carbons (Fsp3) is 0.500. The van der Waals surface area contributed by atoms with Gasteiger partial charge in [0.05, 0.1) is 17.1 Å². The molecule has 0 bridgehead atoms. The Bertz CT molecular complexity index is 379. The van der Waals surface area contributed by atoms with Gasteiger partial charge in [0.2, 0.25) is 5.91 Å². The molecule has 1 aromatic rings. The largest absolute Gasteiger partial charge is 0.469 e. The highest BCUT2D eigenvalue weighted by Gasteiger charge is 2.10. The molecule has 0 aliphatic heterocycles. The second kappa shape index (κ2) is 8.16. The van der Waals surface area contributed by atoms with Gasteiger partial charge in [-0.05, 0) is 17.9 Å². The molecular formula is C12H17NO3S2. The van der Waals surface area contributed by atoms with E-state index in [0.717, 1.165) is 4.21 Å². The molecule has 1 rings (SSSR count). The third-order valence-electron chi connectivity index (χ3n) is 2.36. The van der Waals surface area contributed by atoms with Gasteiger partial charge in [0.15, 0.2) is 0 Å². The summed E-state index contributed by atoms with van der Waals surface area (Å²) in [5.74, 6) is 0.289. The molecule has 0 aromatic carbocycles. The van der Waals surface area contributed by atoms with E-state index >= 15 is 0 Å². The molecule has 0 radical (unpaired) electrons. The lowest BCUT2D eigenvalue weighted by molar-refractivity contribution is -0.141. The first-order chi connectivity index (χ1) is 8.63. The third-order valence-corrected chi connectivity index (χ3v) is 4.48. The van der Waals surface area contributed by atoms with E-state index in [1.165, 1.54) is 7.11 Å². The Labute approximate surface area is 115 Å². The topological polar surface area (TPSA) is 46.6 Å². The number of thioether (sulfide) groups is 1. The molecule has 18 heavy (non-hydrogen) atoms. The number of carbonyl (C=O) groups excluding carboxylic acids is 2. The van der Waals surface area contributed by atoms with E-state index in [0.29, 0.717) is 25.1 Å². The molecule has 0 fully saturated rings. The number of ether oxygens (including phenoxy) is 1. The smallest absolute Gasteiger partial charge is 0.305 e. The second-order valence-corrected chi connectivity index (χ2v) is 5.94. The van der Waals surface area contributed by atoms with Gasteiger partial charge in [0, 0.05) is 20.0 Å². The van der Waals surface area contributed by atoms with Crippen LogP contribution in [0.1, 0.15) is 12.8 Å². The second-order valence-electron chi connectivity index (χ2n) is 3.72. The van der Waals surface area contributed by atoms with Gasteiger partial charge < -0.3 is 9.64 Å². The summed E-state index contributed by atoms with van der Waals surface area (Å²) in [5.41, 5.74) is 0. The summed E-state index contributed by atoms with van der Waals surface area (Å²) in [6.07, 6.45) is 0.991. The third kappa shape index (κ3) is 5.55. The minimum absolute atomic E-state index is 0.0817. The van der Waals surface area contributed by atoms with Crippen LogP contribution in [0.25, 0.3) is 0 Å². The van der Waals surface area contributed by atoms with Gasteiger partial charge in [-0.15, -0.1) is 23.1 Å². The van der Waals surface area contributed by atoms with Crippen molar-refractivity contribution in [2.45, 2.75) is 17.1 Å². The van der Waals surface area contributed by atoms with Gasteiger partial charge >= 0.3 is 5.97 Å². The number of methoxy groups -OCH3 is 1. The van der Waals surface area contributed by atoms with E-state index in [1.807, 2.05) is 17.5 Å². The van der Waals surface area contributed by atoms with E-state index < -0.39 is 0 Å². The van der Waals surface area contributed by atoms with Crippen molar-refractivity contribution in [3.05, 3.63) is 17.5 Å². The van der Waals surface area contributed by atoms with Gasteiger partial charge in [0.1, 0.15) is 0 Å². The van der Waals surface area contributed by atoms with E-state index in [1.54, 1.807) is 35.0 Å². The van der Waals surface area contributed by atoms with Crippen LogP contribution in [0.3, 0.4) is 0 Å². The average molecular weight is 287 g/mol. The number of hydrogen-bond acceptors (Lipinski definition) is 5. The molecule has 100 valence electrons. The fourth-order valence-corrected chi connectivity index (χ4v) is 3.00. The van der Waals surface area contributed by atoms with Gasteiger partial charge in [-0.3, -0.25) is 9.59 Å². The summed E-state index contributed by atoms with van der Waals surface area (Å²) < 4.78 is 5.69. The van der Waals surface area contributed by atoms with Crippen molar-refractivity contribution in [1.29, 1.82) is 0 Å². The molecule has 0 saturated heterocycles. The maximum absolute atomic E-state index is 11.8. The highest BCUT2D eigenvalue weighted by Crippen LogP contribution is 2.23. The summed E-state index contributed by atoms with van der Waals surface area (Å²) in [6, 6.07) is 3.97. The van der Waals surface area contributed by atoms with Crippen LogP contribution < -0.4 is 0 Å². The van der Waals surface area contributed by atoms with Crippen molar-refractivity contribution in [2.24, 2.45) is 0 Å². The van der Waals surface area contributed by atoms with Crippen molar-refractivity contribution in [1.82, 2.24) is 4.90 Å². The van der Waals surface area contributed by atoms with Crippen LogP contribution in [-0.2, 0) is 14.3 Å². The SMILES string of the molecule is COC(=O)CCCN(C)C(=O)CSc1cccs1. The number of amides is 1. The molecule has 0 unspecified atom stereocenters. The van der Waals surface area contributed by atoms with E-state index in [2.05, 4.69) is 4.74 Å². The molecule has 0 N–H and O–H groups in total. The number of carbonyl (C=O) groups is 2. The molecule has 1 heterocycles. The maximum Gasteiger partial charge on any atom is 0.305 e. The Morgan fingerprint density at radius 1 is 1.50 bits per heavy atom. The molecule has 4 nitrogen and oxygen atoms in total. The maximum atomic E-state index is 11.8. The summed E-state index contributed by atoms with van der Waals surface area (Å²) in [7, 11) is 3.13. The number of nitrogens with zero attached hydrogens (tertiary/aromatic N) is 1. The quantitative estimate of drug-likeness (QED) is 0.570. The molecule has 0 aliphatic rings. The monoisotopic (exact) mass is 287 g/mol. The van der Waals surface area contributed by atoms with Crippen LogP contribution in [0, 0.1) is 0 Å². The summed E-state index contributed by atoms with van der Waals surface area (Å²) in [5, 5.41) is 1.99. The van der Waals surface area contributed by atoms with Crippen LogP contribution in [0.15, 0.2) is 21.7 Å². The number of hydrogen-bond donors (Lipinski definition) is 0. The molecule has 1 aromatic heterocycles. The van der Waals surface area contributed by atoms with E-state index in [9.17, 15) is 9.59 Å². The lowest BCUT2D eigenvalue weighted by Gasteiger charge is -2.16. The first-order valence-corrected chi connectivity index (χ1v) is 7.47. The highest BCUT2D eigenvalue weighted by atomic mass is 32.2. The van der Waals surface area contributed by atoms with Gasteiger partial charge in [-0.25, -0.2) is 0 Å². The average Bonchev–Trinajstić information content (AvgIpc) is 2.88. The predicted molar refractivity (Wildman–Crippen MR) is 73.9 cm³/mol. The molecule has 0 spiro atoms. The summed E-state index contributed by atoms with van der Waals surface area (Å²) >= 11 is 3.18. The Morgan fingerprint density at radius 3 is 2.89 bits per heavy atom. The normalized spacial score (nSPS) is 10.1. The predicted octanol–water partition coefficient (Wildman–Crippen LogP) is 2.25. The molecule has 0 saturated carbocycles. The van der Waals surface area contributed by atoms with Crippen LogP contribution in [0.4, 0.5) is 0 Å². The zero-order valence-electron chi connectivity index (χ0n) is 10.5. The Hall–Kier alpha value is -1.01. The zero-order chi connectivity index (χ0) is 13.4. The lowest BCUT2D eigenvalue weighted by atomic mass is 10.3. The van der Waals surface area contributed by atoms with Crippen LogP contribution >= 0.6 is 23.1 Å². The van der Waals surface area contributed by atoms with Gasteiger partial charge in [-0.1, -0.05) is 6.07 Å². The number of thiophene rings is 1. The molecule has 0 atom stereocenters. The Balaban J connectivity index is 2.18. The summed E-state index contributed by atoms with van der Waals surface area (Å²) in [4.78, 5) is 24.3. The van der Waals surface area contributed by atoms with Crippen molar-refractivity contribution in [3.63, 3.8) is 0 Å². The minimum Gasteiger partial charge on any atom is -0.469 e. The van der Waals surface area contributed by atoms with Gasteiger partial charge in [0.25, 0.3) is 0 Å². The van der Waals surface area contributed by atoms with Crippen molar-refractivity contribution >= 4 is 35.0 Å². The molecule has 1 amide bonds. The molecular weight excluding hydrogens is 270 g/mol. The molecule has 6 heteroatoms.